The van der Waals surface area contributed by atoms with Crippen molar-refractivity contribution in [2.75, 3.05) is 13.6 Å². The molecule has 2 aromatic rings. The first-order valence-corrected chi connectivity index (χ1v) is 6.73. The highest BCUT2D eigenvalue weighted by atomic mass is 16.3. The maximum Gasteiger partial charge on any atom is 0.120 e. The van der Waals surface area contributed by atoms with Gasteiger partial charge >= 0.3 is 0 Å². The van der Waals surface area contributed by atoms with Gasteiger partial charge in [0.15, 0.2) is 0 Å². The smallest absolute Gasteiger partial charge is 0.120 e. The molecule has 0 saturated carbocycles. The second-order valence-electron chi connectivity index (χ2n) is 5.08. The summed E-state index contributed by atoms with van der Waals surface area (Å²) in [5, 5.41) is 28.7. The standard InChI is InChI=1S/C17H18N2O2/c1-19(11-15-4-2-3-5-16(15)20)12-17(21)14-8-6-13(10-18)7-9-14/h2-9,17,20-21H,11-12H2,1H3. The van der Waals surface area contributed by atoms with E-state index in [1.165, 1.54) is 0 Å². The van der Waals surface area contributed by atoms with Crippen molar-refractivity contribution in [3.05, 3.63) is 65.2 Å². The Morgan fingerprint density at radius 3 is 2.43 bits per heavy atom. The number of aromatic hydroxyl groups is 1. The average molecular weight is 282 g/mol. The van der Waals surface area contributed by atoms with Gasteiger partial charge in [-0.1, -0.05) is 30.3 Å². The monoisotopic (exact) mass is 282 g/mol. The third-order valence-electron chi connectivity index (χ3n) is 3.34. The Morgan fingerprint density at radius 1 is 1.14 bits per heavy atom. The fourth-order valence-corrected chi connectivity index (χ4v) is 2.18. The van der Waals surface area contributed by atoms with E-state index >= 15 is 0 Å². The number of nitrogens with zero attached hydrogens (tertiary/aromatic N) is 2. The van der Waals surface area contributed by atoms with Crippen molar-refractivity contribution in [1.29, 1.82) is 5.26 Å². The molecule has 108 valence electrons. The zero-order valence-electron chi connectivity index (χ0n) is 11.9. The molecule has 0 heterocycles. The van der Waals surface area contributed by atoms with Crippen LogP contribution in [0.5, 0.6) is 5.75 Å². The Morgan fingerprint density at radius 2 is 1.81 bits per heavy atom. The van der Waals surface area contributed by atoms with E-state index in [4.69, 9.17) is 5.26 Å². The number of aliphatic hydroxyl groups is 1. The van der Waals surface area contributed by atoms with E-state index in [0.29, 0.717) is 18.7 Å². The van der Waals surface area contributed by atoms with E-state index in [1.54, 1.807) is 36.4 Å². The highest BCUT2D eigenvalue weighted by Gasteiger charge is 2.12. The summed E-state index contributed by atoms with van der Waals surface area (Å²) in [4.78, 5) is 1.94. The van der Waals surface area contributed by atoms with Crippen LogP contribution in [0.2, 0.25) is 0 Å². The summed E-state index contributed by atoms with van der Waals surface area (Å²) in [5.41, 5.74) is 2.18. The molecule has 0 aliphatic heterocycles. The molecule has 2 aromatic carbocycles. The molecule has 0 radical (unpaired) electrons. The van der Waals surface area contributed by atoms with Crippen LogP contribution in [0.1, 0.15) is 22.8 Å². The summed E-state index contributed by atoms with van der Waals surface area (Å²) < 4.78 is 0. The molecule has 0 aliphatic carbocycles. The minimum absolute atomic E-state index is 0.261. The number of likely N-dealkylation sites (N-methyl/N-ethyl adjacent to an activating group) is 1. The van der Waals surface area contributed by atoms with Gasteiger partial charge in [0.2, 0.25) is 0 Å². The minimum Gasteiger partial charge on any atom is -0.508 e. The fraction of sp³-hybridized carbons (Fsp3) is 0.235. The lowest BCUT2D eigenvalue weighted by atomic mass is 10.1. The maximum atomic E-state index is 10.2. The van der Waals surface area contributed by atoms with Crippen LogP contribution in [0.4, 0.5) is 0 Å². The third-order valence-corrected chi connectivity index (χ3v) is 3.34. The van der Waals surface area contributed by atoms with Crippen LogP contribution in [0, 0.1) is 11.3 Å². The number of phenolic OH excluding ortho intramolecular Hbond substituents is 1. The van der Waals surface area contributed by atoms with Crippen molar-refractivity contribution in [2.24, 2.45) is 0 Å². The number of phenols is 1. The van der Waals surface area contributed by atoms with Gasteiger partial charge in [0.1, 0.15) is 5.75 Å². The Labute approximate surface area is 124 Å². The summed E-state index contributed by atoms with van der Waals surface area (Å²) >= 11 is 0. The van der Waals surface area contributed by atoms with Crippen LogP contribution in [0.15, 0.2) is 48.5 Å². The number of benzene rings is 2. The number of hydrogen-bond acceptors (Lipinski definition) is 4. The number of rotatable bonds is 5. The molecule has 0 saturated heterocycles. The molecule has 1 unspecified atom stereocenters. The van der Waals surface area contributed by atoms with E-state index in [-0.39, 0.29) is 5.75 Å². The quantitative estimate of drug-likeness (QED) is 0.884. The molecule has 2 rings (SSSR count). The van der Waals surface area contributed by atoms with Crippen molar-refractivity contribution in [1.82, 2.24) is 4.90 Å². The van der Waals surface area contributed by atoms with Gasteiger partial charge in [0.05, 0.1) is 17.7 Å². The van der Waals surface area contributed by atoms with Gasteiger partial charge < -0.3 is 10.2 Å². The number of aliphatic hydroxyl groups excluding tert-OH is 1. The molecule has 0 spiro atoms. The molecule has 0 aromatic heterocycles. The fourth-order valence-electron chi connectivity index (χ4n) is 2.18. The Balaban J connectivity index is 1.97. The van der Waals surface area contributed by atoms with Gasteiger partial charge in [0, 0.05) is 18.7 Å². The van der Waals surface area contributed by atoms with Crippen LogP contribution in [0.3, 0.4) is 0 Å². The Kier molecular flexibility index (Phi) is 4.94. The summed E-state index contributed by atoms with van der Waals surface area (Å²) in [7, 11) is 1.89. The first kappa shape index (κ1) is 15.0. The molecule has 1 atom stereocenters. The van der Waals surface area contributed by atoms with Crippen LogP contribution >= 0.6 is 0 Å². The first-order chi connectivity index (χ1) is 10.1. The molecular weight excluding hydrogens is 264 g/mol. The predicted molar refractivity (Wildman–Crippen MR) is 80.6 cm³/mol. The molecule has 0 amide bonds. The second-order valence-corrected chi connectivity index (χ2v) is 5.08. The lowest BCUT2D eigenvalue weighted by Gasteiger charge is -2.21. The third kappa shape index (κ3) is 4.06. The first-order valence-electron chi connectivity index (χ1n) is 6.73. The van der Waals surface area contributed by atoms with Crippen molar-refractivity contribution >= 4 is 0 Å². The van der Waals surface area contributed by atoms with Gasteiger partial charge in [-0.15, -0.1) is 0 Å². The van der Waals surface area contributed by atoms with Gasteiger partial charge in [-0.2, -0.15) is 5.26 Å². The summed E-state index contributed by atoms with van der Waals surface area (Å²) in [6.07, 6.45) is -0.631. The average Bonchev–Trinajstić information content (AvgIpc) is 2.49. The lowest BCUT2D eigenvalue weighted by Crippen LogP contribution is -2.24. The van der Waals surface area contributed by atoms with Crippen molar-refractivity contribution in [3.63, 3.8) is 0 Å². The number of para-hydroxylation sites is 1. The van der Waals surface area contributed by atoms with E-state index in [9.17, 15) is 10.2 Å². The van der Waals surface area contributed by atoms with E-state index in [0.717, 1.165) is 11.1 Å². The van der Waals surface area contributed by atoms with Crippen LogP contribution in [-0.2, 0) is 6.54 Å². The van der Waals surface area contributed by atoms with Crippen molar-refractivity contribution < 1.29 is 10.2 Å². The normalized spacial score (nSPS) is 12.1. The molecular formula is C17H18N2O2. The topological polar surface area (TPSA) is 67.5 Å². The highest BCUT2D eigenvalue weighted by Crippen LogP contribution is 2.19. The second kappa shape index (κ2) is 6.89. The molecule has 4 heteroatoms. The predicted octanol–water partition coefficient (Wildman–Crippen LogP) is 2.43. The number of nitriles is 1. The SMILES string of the molecule is CN(Cc1ccccc1O)CC(O)c1ccc(C#N)cc1. The Bertz CT molecular complexity index is 632. The van der Waals surface area contributed by atoms with Gasteiger partial charge in [-0.05, 0) is 30.8 Å². The molecule has 0 bridgehead atoms. The van der Waals surface area contributed by atoms with Gasteiger partial charge in [-0.25, -0.2) is 0 Å². The van der Waals surface area contributed by atoms with Crippen LogP contribution in [0.25, 0.3) is 0 Å². The van der Waals surface area contributed by atoms with Crippen molar-refractivity contribution in [3.8, 4) is 11.8 Å². The van der Waals surface area contributed by atoms with E-state index in [2.05, 4.69) is 6.07 Å². The Hall–Kier alpha value is -2.35. The van der Waals surface area contributed by atoms with E-state index < -0.39 is 6.10 Å². The molecule has 0 fully saturated rings. The largest absolute Gasteiger partial charge is 0.508 e. The molecule has 0 aliphatic rings. The zero-order valence-corrected chi connectivity index (χ0v) is 11.9. The summed E-state index contributed by atoms with van der Waals surface area (Å²) in [6, 6.07) is 16.1. The molecule has 21 heavy (non-hydrogen) atoms. The lowest BCUT2D eigenvalue weighted by molar-refractivity contribution is 0.123. The minimum atomic E-state index is -0.631. The van der Waals surface area contributed by atoms with Gasteiger partial charge in [0.25, 0.3) is 0 Å². The zero-order chi connectivity index (χ0) is 15.2. The van der Waals surface area contributed by atoms with Gasteiger partial charge in [-0.3, -0.25) is 4.90 Å². The highest BCUT2D eigenvalue weighted by molar-refractivity contribution is 5.33. The molecule has 4 nitrogen and oxygen atoms in total. The van der Waals surface area contributed by atoms with Crippen molar-refractivity contribution in [2.45, 2.75) is 12.6 Å². The summed E-state index contributed by atoms with van der Waals surface area (Å²) in [6.45, 7) is 1.00. The summed E-state index contributed by atoms with van der Waals surface area (Å²) in [5.74, 6) is 0.261. The maximum absolute atomic E-state index is 10.2. The van der Waals surface area contributed by atoms with E-state index in [1.807, 2.05) is 24.1 Å². The number of hydrogen-bond donors (Lipinski definition) is 2. The molecule has 2 N–H and O–H groups in total. The van der Waals surface area contributed by atoms with Crippen LogP contribution < -0.4 is 0 Å². The van der Waals surface area contributed by atoms with Crippen LogP contribution in [-0.4, -0.2) is 28.7 Å².